The summed E-state index contributed by atoms with van der Waals surface area (Å²) in [6.07, 6.45) is 0. The third kappa shape index (κ3) is 3.44. The van der Waals surface area contributed by atoms with Gasteiger partial charge in [0.05, 0.1) is 0 Å². The van der Waals surface area contributed by atoms with Gasteiger partial charge in [-0.1, -0.05) is 28.1 Å². The van der Waals surface area contributed by atoms with E-state index in [2.05, 4.69) is 15.9 Å². The number of halogens is 1. The van der Waals surface area contributed by atoms with Crippen molar-refractivity contribution in [3.8, 4) is 0 Å². The van der Waals surface area contributed by atoms with Crippen LogP contribution in [0.3, 0.4) is 0 Å². The number of benzene rings is 2. The topological polar surface area (TPSA) is 49.8 Å². The molecule has 0 aliphatic rings. The van der Waals surface area contributed by atoms with Crippen molar-refractivity contribution in [2.75, 3.05) is 26.1 Å². The zero-order chi connectivity index (χ0) is 16.3. The Morgan fingerprint density at radius 1 is 1.09 bits per heavy atom. The fourth-order valence-electron chi connectivity index (χ4n) is 2.14. The monoisotopic (exact) mass is 383 g/mol. The van der Waals surface area contributed by atoms with Crippen molar-refractivity contribution < 1.29 is 14.2 Å². The van der Waals surface area contributed by atoms with E-state index in [-0.39, 0.29) is 0 Å². The smallest absolute Gasteiger partial charge is 0.263 e. The quantitative estimate of drug-likeness (QED) is 0.798. The van der Waals surface area contributed by atoms with Crippen LogP contribution in [-0.4, -0.2) is 26.3 Å². The second-order valence-electron chi connectivity index (χ2n) is 5.12. The summed E-state index contributed by atoms with van der Waals surface area (Å²) < 4.78 is 19.3. The number of aliphatic hydroxyl groups excluding tert-OH is 1. The molecule has 0 saturated carbocycles. The minimum absolute atomic E-state index is 0.496. The van der Waals surface area contributed by atoms with Crippen molar-refractivity contribution in [3.05, 3.63) is 58.6 Å². The summed E-state index contributed by atoms with van der Waals surface area (Å²) in [5.41, 5.74) is 1.55. The lowest BCUT2D eigenvalue weighted by atomic mass is 10.2. The van der Waals surface area contributed by atoms with Crippen LogP contribution in [0, 0.1) is 0 Å². The van der Waals surface area contributed by atoms with Crippen LogP contribution in [0.4, 0.5) is 5.69 Å². The molecule has 2 atom stereocenters. The lowest BCUT2D eigenvalue weighted by Crippen LogP contribution is -2.15. The third-order valence-electron chi connectivity index (χ3n) is 3.49. The molecule has 0 aliphatic carbocycles. The van der Waals surface area contributed by atoms with Crippen LogP contribution in [0.25, 0.3) is 0 Å². The standard InChI is InChI=1S/C16H19BrNO3P/c1-18(2)14-8-10-15(11-9-14)22(20,21-3)16(19)12-4-6-13(17)7-5-12/h4-11,16,19H,1-3H3. The van der Waals surface area contributed by atoms with Gasteiger partial charge in [0, 0.05) is 36.7 Å². The lowest BCUT2D eigenvalue weighted by molar-refractivity contribution is 0.229. The van der Waals surface area contributed by atoms with Gasteiger partial charge in [0.2, 0.25) is 0 Å². The summed E-state index contributed by atoms with van der Waals surface area (Å²) in [7, 11) is 1.82. The Labute approximate surface area is 139 Å². The fraction of sp³-hybridized carbons (Fsp3) is 0.250. The van der Waals surface area contributed by atoms with E-state index in [1.54, 1.807) is 36.4 Å². The molecule has 0 aliphatic heterocycles. The maximum absolute atomic E-state index is 13.2. The summed E-state index contributed by atoms with van der Waals surface area (Å²) in [6, 6.07) is 14.2. The van der Waals surface area contributed by atoms with Gasteiger partial charge in [-0.25, -0.2) is 0 Å². The van der Waals surface area contributed by atoms with Gasteiger partial charge in [-0.2, -0.15) is 0 Å². The van der Waals surface area contributed by atoms with Crippen LogP contribution in [0.5, 0.6) is 0 Å². The summed E-state index contributed by atoms with van der Waals surface area (Å²) in [6.45, 7) is 0. The molecule has 0 fully saturated rings. The first-order valence-electron chi connectivity index (χ1n) is 6.75. The van der Waals surface area contributed by atoms with Crippen LogP contribution >= 0.6 is 23.3 Å². The molecule has 4 nitrogen and oxygen atoms in total. The number of hydrogen-bond acceptors (Lipinski definition) is 4. The first kappa shape index (κ1) is 17.2. The Morgan fingerprint density at radius 2 is 1.64 bits per heavy atom. The van der Waals surface area contributed by atoms with E-state index in [0.717, 1.165) is 10.2 Å². The molecule has 1 N–H and O–H groups in total. The van der Waals surface area contributed by atoms with Crippen molar-refractivity contribution >= 4 is 34.3 Å². The second-order valence-corrected chi connectivity index (χ2v) is 8.60. The van der Waals surface area contributed by atoms with E-state index < -0.39 is 13.2 Å². The maximum atomic E-state index is 13.2. The van der Waals surface area contributed by atoms with Crippen LogP contribution in [0.2, 0.25) is 0 Å². The first-order valence-corrected chi connectivity index (χ1v) is 9.24. The van der Waals surface area contributed by atoms with E-state index in [1.807, 2.05) is 31.1 Å². The van der Waals surface area contributed by atoms with E-state index in [4.69, 9.17) is 4.52 Å². The molecule has 2 aromatic rings. The molecule has 0 aromatic heterocycles. The van der Waals surface area contributed by atoms with Crippen LogP contribution in [0.15, 0.2) is 53.0 Å². The van der Waals surface area contributed by atoms with Crippen LogP contribution in [0.1, 0.15) is 11.4 Å². The molecule has 118 valence electrons. The number of hydrogen-bond donors (Lipinski definition) is 1. The molecule has 2 rings (SSSR count). The summed E-state index contributed by atoms with van der Waals surface area (Å²) in [5.74, 6) is -1.20. The molecule has 0 spiro atoms. The summed E-state index contributed by atoms with van der Waals surface area (Å²) in [5, 5.41) is 11.0. The predicted molar refractivity (Wildman–Crippen MR) is 94.1 cm³/mol. The fourth-order valence-corrected chi connectivity index (χ4v) is 4.22. The van der Waals surface area contributed by atoms with Crippen molar-refractivity contribution in [2.45, 2.75) is 5.85 Å². The Balaban J connectivity index is 2.38. The van der Waals surface area contributed by atoms with Crippen molar-refractivity contribution in [1.29, 1.82) is 0 Å². The normalized spacial score (nSPS) is 15.1. The number of aliphatic hydroxyl groups is 1. The van der Waals surface area contributed by atoms with Crippen LogP contribution in [-0.2, 0) is 9.09 Å². The Bertz CT molecular complexity index is 671. The number of anilines is 1. The molecule has 2 unspecified atom stereocenters. The zero-order valence-corrected chi connectivity index (χ0v) is 15.2. The highest BCUT2D eigenvalue weighted by Gasteiger charge is 2.35. The molecule has 0 saturated heterocycles. The Kier molecular flexibility index (Phi) is 5.45. The molecule has 0 amide bonds. The van der Waals surface area contributed by atoms with E-state index in [1.165, 1.54) is 7.11 Å². The third-order valence-corrected chi connectivity index (χ3v) is 6.52. The molecule has 22 heavy (non-hydrogen) atoms. The molecule has 0 heterocycles. The van der Waals surface area contributed by atoms with Gasteiger partial charge in [-0.3, -0.25) is 4.57 Å². The van der Waals surface area contributed by atoms with Crippen molar-refractivity contribution in [1.82, 2.24) is 0 Å². The van der Waals surface area contributed by atoms with Crippen molar-refractivity contribution in [3.63, 3.8) is 0 Å². The molecular weight excluding hydrogens is 365 g/mol. The summed E-state index contributed by atoms with van der Waals surface area (Å²) >= 11 is 3.34. The van der Waals surface area contributed by atoms with E-state index in [9.17, 15) is 9.67 Å². The average Bonchev–Trinajstić information content (AvgIpc) is 2.54. The molecule has 0 bridgehead atoms. The van der Waals surface area contributed by atoms with E-state index in [0.29, 0.717) is 10.9 Å². The minimum Gasteiger partial charge on any atom is -0.378 e. The largest absolute Gasteiger partial charge is 0.378 e. The SMILES string of the molecule is COP(=O)(c1ccc(N(C)C)cc1)C(O)c1ccc(Br)cc1. The van der Waals surface area contributed by atoms with Gasteiger partial charge in [0.25, 0.3) is 7.37 Å². The Hall–Kier alpha value is -1.13. The molecule has 2 aromatic carbocycles. The van der Waals surface area contributed by atoms with Gasteiger partial charge in [0.15, 0.2) is 5.85 Å². The molecule has 6 heteroatoms. The number of nitrogens with zero attached hydrogens (tertiary/aromatic N) is 1. The molecule has 0 radical (unpaired) electrons. The highest BCUT2D eigenvalue weighted by molar-refractivity contribution is 9.10. The van der Waals surface area contributed by atoms with Gasteiger partial charge < -0.3 is 14.5 Å². The Morgan fingerprint density at radius 3 is 2.09 bits per heavy atom. The van der Waals surface area contributed by atoms with Gasteiger partial charge in [0.1, 0.15) is 0 Å². The van der Waals surface area contributed by atoms with Gasteiger partial charge >= 0.3 is 0 Å². The van der Waals surface area contributed by atoms with Crippen LogP contribution < -0.4 is 10.2 Å². The van der Waals surface area contributed by atoms with E-state index >= 15 is 0 Å². The average molecular weight is 384 g/mol. The van der Waals surface area contributed by atoms with Gasteiger partial charge in [-0.05, 0) is 42.0 Å². The zero-order valence-electron chi connectivity index (χ0n) is 12.7. The lowest BCUT2D eigenvalue weighted by Gasteiger charge is -2.23. The van der Waals surface area contributed by atoms with Gasteiger partial charge in [-0.15, -0.1) is 0 Å². The second kappa shape index (κ2) is 6.97. The highest BCUT2D eigenvalue weighted by Crippen LogP contribution is 2.57. The predicted octanol–water partition coefficient (Wildman–Crippen LogP) is 3.76. The first-order chi connectivity index (χ1) is 10.4. The maximum Gasteiger partial charge on any atom is 0.263 e. The highest BCUT2D eigenvalue weighted by atomic mass is 79.9. The summed E-state index contributed by atoms with van der Waals surface area (Å²) in [4.78, 5) is 1.95. The minimum atomic E-state index is -3.41. The van der Waals surface area contributed by atoms with Crippen molar-refractivity contribution in [2.24, 2.45) is 0 Å². The molecular formula is C16H19BrNO3P. The number of rotatable bonds is 5.